The Morgan fingerprint density at radius 2 is 2.00 bits per heavy atom. The van der Waals surface area contributed by atoms with Crippen molar-refractivity contribution in [1.29, 1.82) is 0 Å². The van der Waals surface area contributed by atoms with Gasteiger partial charge in [0.15, 0.2) is 6.29 Å². The summed E-state index contributed by atoms with van der Waals surface area (Å²) >= 11 is 0. The zero-order valence-electron chi connectivity index (χ0n) is 10.1. The lowest BCUT2D eigenvalue weighted by Gasteiger charge is -2.22. The largest absolute Gasteiger partial charge is 0.298 e. The summed E-state index contributed by atoms with van der Waals surface area (Å²) in [5.74, 6) is -0.312. The zero-order chi connectivity index (χ0) is 12.6. The highest BCUT2D eigenvalue weighted by molar-refractivity contribution is 5.91. The van der Waals surface area contributed by atoms with Crippen molar-refractivity contribution < 1.29 is 9.18 Å². The van der Waals surface area contributed by atoms with Crippen LogP contribution in [0, 0.1) is 5.82 Å². The van der Waals surface area contributed by atoms with Crippen molar-refractivity contribution >= 4 is 17.2 Å². The third kappa shape index (κ3) is 2.05. The van der Waals surface area contributed by atoms with E-state index < -0.39 is 0 Å². The Bertz CT molecular complexity index is 585. The van der Waals surface area contributed by atoms with Gasteiger partial charge in [-0.05, 0) is 29.2 Å². The van der Waals surface area contributed by atoms with Gasteiger partial charge in [0, 0.05) is 17.1 Å². The fourth-order valence-electron chi connectivity index (χ4n) is 2.11. The summed E-state index contributed by atoms with van der Waals surface area (Å²) in [5, 5.41) is 0.710. The molecule has 17 heavy (non-hydrogen) atoms. The number of fused-ring (bicyclic) bond motifs is 1. The summed E-state index contributed by atoms with van der Waals surface area (Å²) in [6.45, 7) is 6.00. The van der Waals surface area contributed by atoms with Crippen LogP contribution in [-0.2, 0) is 5.41 Å². The molecule has 3 heteroatoms. The Balaban J connectivity index is 2.92. The van der Waals surface area contributed by atoms with Gasteiger partial charge in [-0.1, -0.05) is 20.8 Å². The van der Waals surface area contributed by atoms with Crippen LogP contribution in [0.25, 0.3) is 10.9 Å². The number of nitrogens with zero attached hydrogens (tertiary/aromatic N) is 1. The molecule has 88 valence electrons. The van der Waals surface area contributed by atoms with Crippen molar-refractivity contribution in [3.8, 4) is 0 Å². The molecule has 0 saturated carbocycles. The van der Waals surface area contributed by atoms with Crippen LogP contribution in [0.4, 0.5) is 4.39 Å². The van der Waals surface area contributed by atoms with Gasteiger partial charge in [0.1, 0.15) is 5.82 Å². The van der Waals surface area contributed by atoms with Crippen LogP contribution in [0.1, 0.15) is 36.7 Å². The van der Waals surface area contributed by atoms with Gasteiger partial charge in [-0.3, -0.25) is 9.78 Å². The fraction of sp³-hybridized carbons (Fsp3) is 0.286. The molecule has 1 heterocycles. The number of carbonyl (C=O) groups excluding carboxylic acids is 1. The molecule has 0 aliphatic rings. The van der Waals surface area contributed by atoms with E-state index in [9.17, 15) is 9.18 Å². The molecule has 0 aliphatic carbocycles. The highest BCUT2D eigenvalue weighted by atomic mass is 19.1. The monoisotopic (exact) mass is 231 g/mol. The Kier molecular flexibility index (Phi) is 2.69. The molecule has 0 fully saturated rings. The first-order valence-corrected chi connectivity index (χ1v) is 5.47. The number of carbonyl (C=O) groups is 1. The summed E-state index contributed by atoms with van der Waals surface area (Å²) in [5.41, 5.74) is 1.85. The van der Waals surface area contributed by atoms with Crippen LogP contribution in [0.3, 0.4) is 0 Å². The first kappa shape index (κ1) is 11.7. The van der Waals surface area contributed by atoms with Crippen LogP contribution >= 0.6 is 0 Å². The normalized spacial score (nSPS) is 11.8. The number of halogens is 1. The van der Waals surface area contributed by atoms with Gasteiger partial charge in [-0.15, -0.1) is 0 Å². The van der Waals surface area contributed by atoms with Crippen molar-refractivity contribution in [2.45, 2.75) is 26.2 Å². The highest BCUT2D eigenvalue weighted by Gasteiger charge is 2.21. The van der Waals surface area contributed by atoms with Crippen molar-refractivity contribution in [2.24, 2.45) is 0 Å². The summed E-state index contributed by atoms with van der Waals surface area (Å²) in [4.78, 5) is 15.2. The molecule has 0 amide bonds. The molecule has 0 unspecified atom stereocenters. The third-order valence-electron chi connectivity index (χ3n) is 2.74. The summed E-state index contributed by atoms with van der Waals surface area (Å²) in [6.07, 6.45) is 2.33. The molecule has 0 radical (unpaired) electrons. The van der Waals surface area contributed by atoms with E-state index in [-0.39, 0.29) is 11.2 Å². The number of aldehydes is 1. The standard InChI is InChI=1S/C14H14FNO/c1-14(2,3)13-9(8-17)7-16-12-5-4-10(15)6-11(12)13/h4-8H,1-3H3. The Hall–Kier alpha value is -1.77. The molecule has 1 aromatic carbocycles. The molecular weight excluding hydrogens is 217 g/mol. The van der Waals surface area contributed by atoms with E-state index in [0.29, 0.717) is 16.5 Å². The van der Waals surface area contributed by atoms with Gasteiger partial charge in [0.2, 0.25) is 0 Å². The Morgan fingerprint density at radius 3 is 2.59 bits per heavy atom. The van der Waals surface area contributed by atoms with Crippen molar-refractivity contribution in [3.05, 3.63) is 41.3 Å². The third-order valence-corrected chi connectivity index (χ3v) is 2.74. The lowest BCUT2D eigenvalue weighted by Crippen LogP contribution is -2.15. The maximum absolute atomic E-state index is 13.3. The lowest BCUT2D eigenvalue weighted by molar-refractivity contribution is 0.112. The van der Waals surface area contributed by atoms with Crippen LogP contribution < -0.4 is 0 Å². The first-order chi connectivity index (χ1) is 7.93. The zero-order valence-corrected chi connectivity index (χ0v) is 10.1. The highest BCUT2D eigenvalue weighted by Crippen LogP contribution is 2.31. The predicted octanol–water partition coefficient (Wildman–Crippen LogP) is 3.48. The second kappa shape index (κ2) is 3.91. The fourth-order valence-corrected chi connectivity index (χ4v) is 2.11. The van der Waals surface area contributed by atoms with Crippen LogP contribution in [-0.4, -0.2) is 11.3 Å². The number of aromatic nitrogens is 1. The molecule has 0 N–H and O–H groups in total. The van der Waals surface area contributed by atoms with Crippen LogP contribution in [0.2, 0.25) is 0 Å². The molecule has 1 aromatic heterocycles. The minimum Gasteiger partial charge on any atom is -0.298 e. The average molecular weight is 231 g/mol. The molecular formula is C14H14FNO. The molecule has 2 nitrogen and oxygen atoms in total. The topological polar surface area (TPSA) is 30.0 Å². The van der Waals surface area contributed by atoms with Gasteiger partial charge >= 0.3 is 0 Å². The van der Waals surface area contributed by atoms with E-state index in [0.717, 1.165) is 11.8 Å². The van der Waals surface area contributed by atoms with E-state index in [1.54, 1.807) is 12.3 Å². The number of pyridine rings is 1. The summed E-state index contributed by atoms with van der Waals surface area (Å²) < 4.78 is 13.3. The van der Waals surface area contributed by atoms with E-state index >= 15 is 0 Å². The predicted molar refractivity (Wildman–Crippen MR) is 65.8 cm³/mol. The molecule has 0 bridgehead atoms. The molecule has 2 aromatic rings. The molecule has 0 spiro atoms. The van der Waals surface area contributed by atoms with Crippen molar-refractivity contribution in [3.63, 3.8) is 0 Å². The van der Waals surface area contributed by atoms with E-state index in [4.69, 9.17) is 0 Å². The Labute approximate surface area is 99.5 Å². The van der Waals surface area contributed by atoms with Gasteiger partial charge in [0.05, 0.1) is 5.52 Å². The lowest BCUT2D eigenvalue weighted by atomic mass is 9.82. The number of benzene rings is 1. The van der Waals surface area contributed by atoms with Crippen LogP contribution in [0.15, 0.2) is 24.4 Å². The van der Waals surface area contributed by atoms with Gasteiger partial charge in [-0.25, -0.2) is 4.39 Å². The quantitative estimate of drug-likeness (QED) is 0.703. The smallest absolute Gasteiger partial charge is 0.151 e. The molecule has 0 aliphatic heterocycles. The number of rotatable bonds is 1. The minimum absolute atomic E-state index is 0.231. The summed E-state index contributed by atoms with van der Waals surface area (Å²) in [6, 6.07) is 4.45. The van der Waals surface area contributed by atoms with Crippen molar-refractivity contribution in [1.82, 2.24) is 4.98 Å². The van der Waals surface area contributed by atoms with Crippen LogP contribution in [0.5, 0.6) is 0 Å². The number of hydrogen-bond acceptors (Lipinski definition) is 2. The van der Waals surface area contributed by atoms with E-state index in [2.05, 4.69) is 4.98 Å². The second-order valence-electron chi connectivity index (χ2n) is 5.12. The van der Waals surface area contributed by atoms with Crippen molar-refractivity contribution in [2.75, 3.05) is 0 Å². The van der Waals surface area contributed by atoms with E-state index in [1.165, 1.54) is 12.1 Å². The maximum Gasteiger partial charge on any atom is 0.151 e. The first-order valence-electron chi connectivity index (χ1n) is 5.47. The van der Waals surface area contributed by atoms with Gasteiger partial charge < -0.3 is 0 Å². The molecule has 0 atom stereocenters. The average Bonchev–Trinajstić information content (AvgIpc) is 2.25. The number of hydrogen-bond donors (Lipinski definition) is 0. The van der Waals surface area contributed by atoms with E-state index in [1.807, 2.05) is 20.8 Å². The second-order valence-corrected chi connectivity index (χ2v) is 5.12. The van der Waals surface area contributed by atoms with Gasteiger partial charge in [-0.2, -0.15) is 0 Å². The molecule has 2 rings (SSSR count). The molecule has 0 saturated heterocycles. The maximum atomic E-state index is 13.3. The Morgan fingerprint density at radius 1 is 1.29 bits per heavy atom. The minimum atomic E-state index is -0.312. The summed E-state index contributed by atoms with van der Waals surface area (Å²) in [7, 11) is 0. The van der Waals surface area contributed by atoms with Gasteiger partial charge in [0.25, 0.3) is 0 Å². The SMILES string of the molecule is CC(C)(C)c1c(C=O)cnc2ccc(F)cc12.